The van der Waals surface area contributed by atoms with Gasteiger partial charge in [-0.2, -0.15) is 0 Å². The van der Waals surface area contributed by atoms with Gasteiger partial charge in [0.1, 0.15) is 17.4 Å². The molecule has 6 heteroatoms. The molecule has 0 amide bonds. The number of hydrogen-bond acceptors (Lipinski definition) is 5. The van der Waals surface area contributed by atoms with Crippen LogP contribution in [0.15, 0.2) is 77.6 Å². The molecule has 0 radical (unpaired) electrons. The van der Waals surface area contributed by atoms with Crippen LogP contribution in [0.3, 0.4) is 0 Å². The van der Waals surface area contributed by atoms with Crippen LogP contribution in [-0.4, -0.2) is 24.5 Å². The van der Waals surface area contributed by atoms with Crippen molar-refractivity contribution in [2.75, 3.05) is 0 Å². The molecule has 0 bridgehead atoms. The third kappa shape index (κ3) is 2.36. The number of fused-ring (bicyclic) bond motifs is 4. The molecule has 0 aliphatic carbocycles. The fraction of sp³-hybridized carbons (Fsp3) is 0.0435. The summed E-state index contributed by atoms with van der Waals surface area (Å²) in [6, 6.07) is 20.2. The van der Waals surface area contributed by atoms with Crippen LogP contribution in [0.2, 0.25) is 0 Å². The fourth-order valence-corrected chi connectivity index (χ4v) is 3.78. The van der Waals surface area contributed by atoms with Gasteiger partial charge >= 0.3 is 0 Å². The Balaban J connectivity index is 1.73. The molecule has 0 aliphatic rings. The monoisotopic (exact) mass is 377 g/mol. The van der Waals surface area contributed by atoms with Gasteiger partial charge in [0.25, 0.3) is 0 Å². The smallest absolute Gasteiger partial charge is 0.227 e. The number of aryl methyl sites for hydroxylation is 1. The Morgan fingerprint density at radius 2 is 1.76 bits per heavy atom. The molecule has 0 fully saturated rings. The standard InChI is InChI=1S/C23H15N5O/c1-14-10-11-17-16-8-5-9-18(20(16)29-23(17)26-14)21-27-19-12-24-13-25-22(19)28(21)15-6-3-2-4-7-15/h2-13H,1H3. The molecule has 29 heavy (non-hydrogen) atoms. The number of rotatable bonds is 2. The summed E-state index contributed by atoms with van der Waals surface area (Å²) in [6.07, 6.45) is 3.27. The molecule has 2 aromatic carbocycles. The summed E-state index contributed by atoms with van der Waals surface area (Å²) in [7, 11) is 0. The van der Waals surface area contributed by atoms with Gasteiger partial charge in [-0.3, -0.25) is 4.57 Å². The van der Waals surface area contributed by atoms with Crippen LogP contribution in [0.1, 0.15) is 5.69 Å². The van der Waals surface area contributed by atoms with Crippen molar-refractivity contribution in [3.8, 4) is 17.1 Å². The molecule has 6 aromatic rings. The van der Waals surface area contributed by atoms with Crippen molar-refractivity contribution in [3.05, 3.63) is 78.9 Å². The van der Waals surface area contributed by atoms with Crippen LogP contribution < -0.4 is 0 Å². The highest BCUT2D eigenvalue weighted by Gasteiger charge is 2.20. The van der Waals surface area contributed by atoms with Crippen molar-refractivity contribution in [1.29, 1.82) is 0 Å². The largest absolute Gasteiger partial charge is 0.437 e. The summed E-state index contributed by atoms with van der Waals surface area (Å²) in [4.78, 5) is 18.0. The van der Waals surface area contributed by atoms with Crippen LogP contribution in [0, 0.1) is 6.92 Å². The number of pyridine rings is 1. The van der Waals surface area contributed by atoms with Gasteiger partial charge in [0.2, 0.25) is 5.71 Å². The lowest BCUT2D eigenvalue weighted by Crippen LogP contribution is -1.98. The first-order chi connectivity index (χ1) is 14.3. The second-order valence-electron chi connectivity index (χ2n) is 6.93. The second kappa shape index (κ2) is 5.97. The third-order valence-electron chi connectivity index (χ3n) is 5.08. The average molecular weight is 377 g/mol. The van der Waals surface area contributed by atoms with Gasteiger partial charge in [-0.05, 0) is 37.3 Å². The van der Waals surface area contributed by atoms with Gasteiger partial charge in [-0.1, -0.05) is 30.3 Å². The van der Waals surface area contributed by atoms with Crippen LogP contribution in [-0.2, 0) is 0 Å². The van der Waals surface area contributed by atoms with Gasteiger partial charge in [-0.25, -0.2) is 19.9 Å². The van der Waals surface area contributed by atoms with Crippen molar-refractivity contribution in [2.24, 2.45) is 0 Å². The average Bonchev–Trinajstić information content (AvgIpc) is 3.32. The Kier molecular flexibility index (Phi) is 3.28. The highest BCUT2D eigenvalue weighted by Crippen LogP contribution is 2.36. The molecule has 0 saturated carbocycles. The molecular weight excluding hydrogens is 362 g/mol. The normalized spacial score (nSPS) is 11.6. The molecule has 6 nitrogen and oxygen atoms in total. The lowest BCUT2D eigenvalue weighted by molar-refractivity contribution is 0.653. The molecule has 0 spiro atoms. The number of furan rings is 1. The van der Waals surface area contributed by atoms with E-state index < -0.39 is 0 Å². The predicted molar refractivity (Wildman–Crippen MR) is 112 cm³/mol. The summed E-state index contributed by atoms with van der Waals surface area (Å²) in [5.74, 6) is 0.757. The molecule has 0 unspecified atom stereocenters. The van der Waals surface area contributed by atoms with E-state index in [2.05, 4.69) is 27.1 Å². The van der Waals surface area contributed by atoms with Crippen LogP contribution >= 0.6 is 0 Å². The quantitative estimate of drug-likeness (QED) is 0.421. The van der Waals surface area contributed by atoms with E-state index in [1.54, 1.807) is 12.5 Å². The maximum absolute atomic E-state index is 6.21. The van der Waals surface area contributed by atoms with E-state index >= 15 is 0 Å². The Bertz CT molecular complexity index is 1510. The maximum Gasteiger partial charge on any atom is 0.227 e. The van der Waals surface area contributed by atoms with Gasteiger partial charge in [0.05, 0.1) is 11.8 Å². The minimum absolute atomic E-state index is 0.634. The first-order valence-electron chi connectivity index (χ1n) is 9.33. The van der Waals surface area contributed by atoms with E-state index in [0.29, 0.717) is 5.71 Å². The van der Waals surface area contributed by atoms with E-state index in [-0.39, 0.29) is 0 Å². The van der Waals surface area contributed by atoms with E-state index in [1.165, 1.54) is 0 Å². The van der Waals surface area contributed by atoms with Crippen LogP contribution in [0.4, 0.5) is 0 Å². The molecule has 0 N–H and O–H groups in total. The van der Waals surface area contributed by atoms with Gasteiger partial charge < -0.3 is 4.42 Å². The molecule has 0 aliphatic heterocycles. The lowest BCUT2D eigenvalue weighted by Gasteiger charge is -2.09. The highest BCUT2D eigenvalue weighted by atomic mass is 16.3. The van der Waals surface area contributed by atoms with Crippen LogP contribution in [0.5, 0.6) is 0 Å². The zero-order valence-electron chi connectivity index (χ0n) is 15.6. The van der Waals surface area contributed by atoms with Crippen LogP contribution in [0.25, 0.3) is 50.3 Å². The zero-order chi connectivity index (χ0) is 19.4. The number of hydrogen-bond donors (Lipinski definition) is 0. The summed E-state index contributed by atoms with van der Waals surface area (Å²) in [5.41, 5.74) is 5.67. The molecule has 4 heterocycles. The molecule has 6 rings (SSSR count). The topological polar surface area (TPSA) is 69.6 Å². The van der Waals surface area contributed by atoms with E-state index in [4.69, 9.17) is 9.40 Å². The Hall–Kier alpha value is -4.06. The summed E-state index contributed by atoms with van der Waals surface area (Å²) >= 11 is 0. The van der Waals surface area contributed by atoms with Crippen molar-refractivity contribution >= 4 is 33.2 Å². The lowest BCUT2D eigenvalue weighted by atomic mass is 10.1. The molecular formula is C23H15N5O. The number of imidazole rings is 1. The molecule has 138 valence electrons. The maximum atomic E-state index is 6.21. The van der Waals surface area contributed by atoms with E-state index in [0.717, 1.165) is 50.3 Å². The fourth-order valence-electron chi connectivity index (χ4n) is 3.78. The number of aromatic nitrogens is 5. The molecule has 0 atom stereocenters. The Morgan fingerprint density at radius 1 is 0.862 bits per heavy atom. The van der Waals surface area contributed by atoms with Gasteiger partial charge in [-0.15, -0.1) is 0 Å². The first kappa shape index (κ1) is 15.9. The van der Waals surface area contributed by atoms with Crippen molar-refractivity contribution in [2.45, 2.75) is 6.92 Å². The van der Waals surface area contributed by atoms with Crippen molar-refractivity contribution in [1.82, 2.24) is 24.5 Å². The second-order valence-corrected chi connectivity index (χ2v) is 6.93. The first-order valence-corrected chi connectivity index (χ1v) is 9.33. The van der Waals surface area contributed by atoms with Crippen molar-refractivity contribution < 1.29 is 4.42 Å². The molecule has 4 aromatic heterocycles. The summed E-state index contributed by atoms with van der Waals surface area (Å²) in [6.45, 7) is 1.96. The van der Waals surface area contributed by atoms with Gasteiger partial charge in [0, 0.05) is 22.2 Å². The minimum Gasteiger partial charge on any atom is -0.437 e. The SMILES string of the molecule is Cc1ccc2c(n1)oc1c(-c3nc4cncnc4n3-c3ccccc3)cccc12. The minimum atomic E-state index is 0.634. The predicted octanol–water partition coefficient (Wildman–Crippen LogP) is 5.09. The zero-order valence-corrected chi connectivity index (χ0v) is 15.6. The Morgan fingerprint density at radius 3 is 2.66 bits per heavy atom. The number of para-hydroxylation sites is 2. The summed E-state index contributed by atoms with van der Waals surface area (Å²) < 4.78 is 8.24. The summed E-state index contributed by atoms with van der Waals surface area (Å²) in [5, 5.41) is 2.01. The third-order valence-corrected chi connectivity index (χ3v) is 5.08. The van der Waals surface area contributed by atoms with E-state index in [1.807, 2.05) is 60.0 Å². The highest BCUT2D eigenvalue weighted by molar-refractivity contribution is 6.08. The van der Waals surface area contributed by atoms with Crippen molar-refractivity contribution in [3.63, 3.8) is 0 Å². The van der Waals surface area contributed by atoms with E-state index in [9.17, 15) is 0 Å². The van der Waals surface area contributed by atoms with Gasteiger partial charge in [0.15, 0.2) is 11.5 Å². The number of nitrogens with zero attached hydrogens (tertiary/aromatic N) is 5. The molecule has 0 saturated heterocycles. The Labute approximate surface area is 165 Å². The number of benzene rings is 2.